The second kappa shape index (κ2) is 8.83. The summed E-state index contributed by atoms with van der Waals surface area (Å²) >= 11 is 2.17. The van der Waals surface area contributed by atoms with Crippen LogP contribution in [0.25, 0.3) is 0 Å². The van der Waals surface area contributed by atoms with E-state index in [0.717, 1.165) is 9.13 Å². The number of hydrogen-bond acceptors (Lipinski definition) is 4. The van der Waals surface area contributed by atoms with Crippen LogP contribution in [0.4, 0.5) is 0 Å². The van der Waals surface area contributed by atoms with Gasteiger partial charge in [-0.2, -0.15) is 0 Å². The lowest BCUT2D eigenvalue weighted by Crippen LogP contribution is -2.37. The number of hydrogen-bond donors (Lipinski definition) is 2. The molecule has 0 saturated heterocycles. The van der Waals surface area contributed by atoms with E-state index >= 15 is 0 Å². The van der Waals surface area contributed by atoms with E-state index in [1.807, 2.05) is 19.1 Å². The van der Waals surface area contributed by atoms with Crippen molar-refractivity contribution in [2.45, 2.75) is 13.3 Å². The smallest absolute Gasteiger partial charge is 0.255 e. The summed E-state index contributed by atoms with van der Waals surface area (Å²) < 4.78 is 5.98. The molecule has 0 atom stereocenters. The zero-order valence-corrected chi connectivity index (χ0v) is 14.3. The number of methoxy groups -OCH3 is 1. The maximum atomic E-state index is 12.6. The number of nitrogens with zero attached hydrogens (tertiary/aromatic N) is 2. The molecule has 0 aliphatic heterocycles. The normalized spacial score (nSPS) is 11.5. The van der Waals surface area contributed by atoms with Gasteiger partial charge in [0.2, 0.25) is 0 Å². The molecule has 0 saturated carbocycles. The van der Waals surface area contributed by atoms with Crippen LogP contribution in [-0.4, -0.2) is 48.7 Å². The van der Waals surface area contributed by atoms with Gasteiger partial charge in [-0.3, -0.25) is 4.79 Å². The fourth-order valence-electron chi connectivity index (χ4n) is 1.80. The van der Waals surface area contributed by atoms with Crippen LogP contribution in [0.15, 0.2) is 23.4 Å². The largest absolute Gasteiger partial charge is 0.409 e. The van der Waals surface area contributed by atoms with Crippen molar-refractivity contribution in [1.82, 2.24) is 4.90 Å². The Balaban J connectivity index is 2.90. The van der Waals surface area contributed by atoms with E-state index in [1.54, 1.807) is 18.1 Å². The summed E-state index contributed by atoms with van der Waals surface area (Å²) in [4.78, 5) is 14.3. The Bertz CT molecular complexity index is 520. The van der Waals surface area contributed by atoms with Gasteiger partial charge in [0.15, 0.2) is 0 Å². The molecule has 7 heteroatoms. The van der Waals surface area contributed by atoms with Crippen molar-refractivity contribution in [1.29, 1.82) is 0 Å². The zero-order valence-electron chi connectivity index (χ0n) is 12.2. The Hall–Kier alpha value is -1.35. The minimum atomic E-state index is -0.0779. The molecular weight excluding hydrogens is 385 g/mol. The van der Waals surface area contributed by atoms with Crippen LogP contribution in [0.2, 0.25) is 0 Å². The summed E-state index contributed by atoms with van der Waals surface area (Å²) in [6.45, 7) is 3.24. The maximum absolute atomic E-state index is 12.6. The number of carbonyl (C=O) groups is 1. The number of ether oxygens (including phenoxy) is 1. The van der Waals surface area contributed by atoms with Crippen molar-refractivity contribution in [3.63, 3.8) is 0 Å². The first-order valence-corrected chi connectivity index (χ1v) is 7.58. The number of amides is 1. The van der Waals surface area contributed by atoms with Gasteiger partial charge in [0.25, 0.3) is 5.91 Å². The molecule has 0 aromatic heterocycles. The molecule has 0 fully saturated rings. The summed E-state index contributed by atoms with van der Waals surface area (Å²) in [5, 5.41) is 11.5. The van der Waals surface area contributed by atoms with Crippen molar-refractivity contribution in [3.8, 4) is 0 Å². The number of carbonyl (C=O) groups excluding carboxylic acids is 1. The molecule has 1 aromatic rings. The summed E-state index contributed by atoms with van der Waals surface area (Å²) in [7, 11) is 1.59. The SMILES string of the molecule is COCCN(CC/C(N)=N/O)C(=O)c1cccc(C)c1I. The summed E-state index contributed by atoms with van der Waals surface area (Å²) in [5.41, 5.74) is 7.19. The minimum absolute atomic E-state index is 0.0779. The average molecular weight is 405 g/mol. The third-order valence-electron chi connectivity index (χ3n) is 3.04. The minimum Gasteiger partial charge on any atom is -0.409 e. The molecule has 0 bridgehead atoms. The Morgan fingerprint density at radius 3 is 2.81 bits per heavy atom. The Morgan fingerprint density at radius 2 is 2.19 bits per heavy atom. The molecule has 0 aliphatic carbocycles. The highest BCUT2D eigenvalue weighted by molar-refractivity contribution is 14.1. The first kappa shape index (κ1) is 17.7. The van der Waals surface area contributed by atoms with Crippen LogP contribution in [0.5, 0.6) is 0 Å². The van der Waals surface area contributed by atoms with Crippen LogP contribution in [0.3, 0.4) is 0 Å². The molecule has 0 heterocycles. The van der Waals surface area contributed by atoms with E-state index in [2.05, 4.69) is 27.7 Å². The third-order valence-corrected chi connectivity index (χ3v) is 4.47. The highest BCUT2D eigenvalue weighted by Gasteiger charge is 2.19. The molecule has 0 radical (unpaired) electrons. The topological polar surface area (TPSA) is 88.2 Å². The lowest BCUT2D eigenvalue weighted by atomic mass is 10.1. The van der Waals surface area contributed by atoms with E-state index in [0.29, 0.717) is 31.7 Å². The quantitative estimate of drug-likeness (QED) is 0.238. The van der Waals surface area contributed by atoms with Crippen molar-refractivity contribution in [3.05, 3.63) is 32.9 Å². The fraction of sp³-hybridized carbons (Fsp3) is 0.429. The lowest BCUT2D eigenvalue weighted by Gasteiger charge is -2.23. The van der Waals surface area contributed by atoms with Crippen molar-refractivity contribution in [2.24, 2.45) is 10.9 Å². The molecule has 0 aliphatic rings. The second-order valence-electron chi connectivity index (χ2n) is 4.56. The molecule has 0 unspecified atom stereocenters. The van der Waals surface area contributed by atoms with Crippen molar-refractivity contribution in [2.75, 3.05) is 26.8 Å². The van der Waals surface area contributed by atoms with E-state index in [1.165, 1.54) is 0 Å². The summed E-state index contributed by atoms with van der Waals surface area (Å²) in [5.74, 6) is 0.0232. The fourth-order valence-corrected chi connectivity index (χ4v) is 2.39. The van der Waals surface area contributed by atoms with Gasteiger partial charge < -0.3 is 20.6 Å². The second-order valence-corrected chi connectivity index (χ2v) is 5.64. The predicted molar refractivity (Wildman–Crippen MR) is 89.7 cm³/mol. The van der Waals surface area contributed by atoms with Crippen LogP contribution in [-0.2, 0) is 4.74 Å². The van der Waals surface area contributed by atoms with Crippen molar-refractivity contribution < 1.29 is 14.7 Å². The van der Waals surface area contributed by atoms with Gasteiger partial charge in [0.05, 0.1) is 12.2 Å². The van der Waals surface area contributed by atoms with Crippen LogP contribution < -0.4 is 5.73 Å². The highest BCUT2D eigenvalue weighted by atomic mass is 127. The number of rotatable bonds is 7. The van der Waals surface area contributed by atoms with Crippen molar-refractivity contribution >= 4 is 34.3 Å². The van der Waals surface area contributed by atoms with Crippen LogP contribution in [0, 0.1) is 10.5 Å². The standard InChI is InChI=1S/C14H20IN3O3/c1-10-4-3-5-11(13(10)15)14(19)18(8-9-21-2)7-6-12(16)17-20/h3-5,20H,6-9H2,1-2H3,(H2,16,17). The van der Waals surface area contributed by atoms with Gasteiger partial charge in [-0.15, -0.1) is 0 Å². The number of nitrogens with two attached hydrogens (primary N) is 1. The van der Waals surface area contributed by atoms with E-state index in [9.17, 15) is 4.79 Å². The van der Waals surface area contributed by atoms with Gasteiger partial charge in [0.1, 0.15) is 5.84 Å². The van der Waals surface area contributed by atoms with Crippen LogP contribution in [0.1, 0.15) is 22.3 Å². The predicted octanol–water partition coefficient (Wildman–Crippen LogP) is 1.82. The number of aryl methyl sites for hydroxylation is 1. The monoisotopic (exact) mass is 405 g/mol. The highest BCUT2D eigenvalue weighted by Crippen LogP contribution is 2.18. The van der Waals surface area contributed by atoms with E-state index in [4.69, 9.17) is 15.7 Å². The molecule has 0 spiro atoms. The van der Waals surface area contributed by atoms with Gasteiger partial charge >= 0.3 is 0 Å². The molecule has 1 rings (SSSR count). The van der Waals surface area contributed by atoms with Gasteiger partial charge in [-0.05, 0) is 41.1 Å². The molecule has 1 amide bonds. The molecule has 6 nitrogen and oxygen atoms in total. The van der Waals surface area contributed by atoms with Gasteiger partial charge in [-0.25, -0.2) is 0 Å². The summed E-state index contributed by atoms with van der Waals surface area (Å²) in [6, 6.07) is 5.64. The first-order valence-electron chi connectivity index (χ1n) is 6.51. The number of amidine groups is 1. The third kappa shape index (κ3) is 5.16. The van der Waals surface area contributed by atoms with Gasteiger partial charge in [0, 0.05) is 30.2 Å². The van der Waals surface area contributed by atoms with Crippen LogP contribution >= 0.6 is 22.6 Å². The number of oxime groups is 1. The van der Waals surface area contributed by atoms with E-state index in [-0.39, 0.29) is 11.7 Å². The molecule has 116 valence electrons. The molecule has 3 N–H and O–H groups in total. The number of halogens is 1. The molecular formula is C14H20IN3O3. The summed E-state index contributed by atoms with van der Waals surface area (Å²) in [6.07, 6.45) is 0.314. The molecule has 21 heavy (non-hydrogen) atoms. The zero-order chi connectivity index (χ0) is 15.8. The Morgan fingerprint density at radius 1 is 1.48 bits per heavy atom. The first-order chi connectivity index (χ1) is 10.0. The maximum Gasteiger partial charge on any atom is 0.255 e. The van der Waals surface area contributed by atoms with E-state index < -0.39 is 0 Å². The Kier molecular flexibility index (Phi) is 7.44. The average Bonchev–Trinajstić information content (AvgIpc) is 2.49. The lowest BCUT2D eigenvalue weighted by molar-refractivity contribution is 0.0699. The Labute approximate surface area is 138 Å². The molecule has 1 aromatic carbocycles. The van der Waals surface area contributed by atoms with Gasteiger partial charge in [-0.1, -0.05) is 17.3 Å². The number of benzene rings is 1.